The Balaban J connectivity index is 2.03. The van der Waals surface area contributed by atoms with Gasteiger partial charge in [-0.05, 0) is 51.1 Å². The van der Waals surface area contributed by atoms with Crippen LogP contribution in [0, 0.1) is 5.82 Å². The summed E-state index contributed by atoms with van der Waals surface area (Å²) < 4.78 is 18.5. The summed E-state index contributed by atoms with van der Waals surface area (Å²) in [5.74, 6) is 0.726. The van der Waals surface area contributed by atoms with Crippen LogP contribution in [0.15, 0.2) is 41.0 Å². The molecule has 114 valence electrons. The van der Waals surface area contributed by atoms with E-state index in [0.717, 1.165) is 23.6 Å². The number of anilines is 1. The second-order valence-electron chi connectivity index (χ2n) is 6.31. The van der Waals surface area contributed by atoms with Gasteiger partial charge in [0.25, 0.3) is 0 Å². The molecular weight excluding hydrogens is 267 g/mol. The van der Waals surface area contributed by atoms with Crippen LogP contribution in [0.2, 0.25) is 0 Å². The van der Waals surface area contributed by atoms with E-state index in [2.05, 4.69) is 31.0 Å². The Labute approximate surface area is 125 Å². The first kappa shape index (κ1) is 15.6. The number of rotatable bonds is 5. The number of benzene rings is 1. The summed E-state index contributed by atoms with van der Waals surface area (Å²) in [6.45, 7) is 7.80. The van der Waals surface area contributed by atoms with Crippen molar-refractivity contribution in [1.29, 1.82) is 0 Å². The fourth-order valence-electron chi connectivity index (χ4n) is 2.05. The van der Waals surface area contributed by atoms with Crippen molar-refractivity contribution in [2.45, 2.75) is 39.4 Å². The molecule has 0 radical (unpaired) electrons. The zero-order chi connectivity index (χ0) is 15.5. The highest BCUT2D eigenvalue weighted by Crippen LogP contribution is 2.19. The van der Waals surface area contributed by atoms with Crippen molar-refractivity contribution in [1.82, 2.24) is 5.32 Å². The molecule has 0 amide bonds. The second-order valence-corrected chi connectivity index (χ2v) is 6.31. The smallest absolute Gasteiger partial charge is 0.123 e. The molecule has 0 fully saturated rings. The number of furan rings is 1. The third-order valence-electron chi connectivity index (χ3n) is 3.29. The monoisotopic (exact) mass is 290 g/mol. The Morgan fingerprint density at radius 2 is 1.81 bits per heavy atom. The van der Waals surface area contributed by atoms with Crippen LogP contribution in [0.25, 0.3) is 0 Å². The minimum absolute atomic E-state index is 0.0485. The van der Waals surface area contributed by atoms with Gasteiger partial charge in [-0.3, -0.25) is 0 Å². The maximum Gasteiger partial charge on any atom is 0.123 e. The molecule has 4 heteroatoms. The first-order valence-electron chi connectivity index (χ1n) is 7.12. The largest absolute Gasteiger partial charge is 0.468 e. The van der Waals surface area contributed by atoms with Gasteiger partial charge in [0.15, 0.2) is 0 Å². The lowest BCUT2D eigenvalue weighted by atomic mass is 10.1. The highest BCUT2D eigenvalue weighted by molar-refractivity contribution is 5.46. The topological polar surface area (TPSA) is 28.4 Å². The van der Waals surface area contributed by atoms with Gasteiger partial charge in [-0.25, -0.2) is 4.39 Å². The van der Waals surface area contributed by atoms with Gasteiger partial charge >= 0.3 is 0 Å². The molecular formula is C17H23FN2O. The van der Waals surface area contributed by atoms with Gasteiger partial charge in [0.05, 0.1) is 12.8 Å². The second kappa shape index (κ2) is 6.31. The lowest BCUT2D eigenvalue weighted by molar-refractivity contribution is 0.386. The molecule has 1 N–H and O–H groups in total. The van der Waals surface area contributed by atoms with E-state index < -0.39 is 0 Å². The molecule has 0 unspecified atom stereocenters. The van der Waals surface area contributed by atoms with E-state index in [1.54, 1.807) is 18.4 Å². The van der Waals surface area contributed by atoms with Gasteiger partial charge in [-0.15, -0.1) is 0 Å². The van der Waals surface area contributed by atoms with Crippen molar-refractivity contribution >= 4 is 5.69 Å². The Morgan fingerprint density at radius 3 is 2.43 bits per heavy atom. The molecule has 1 heterocycles. The van der Waals surface area contributed by atoms with Gasteiger partial charge in [0.1, 0.15) is 11.6 Å². The predicted molar refractivity (Wildman–Crippen MR) is 83.8 cm³/mol. The first-order valence-corrected chi connectivity index (χ1v) is 7.12. The standard InChI is InChI=1S/C17H23FN2O/c1-17(2,3)19-11-16-13(9-10-21-16)12-20(4)15-7-5-14(18)6-8-15/h5-10,19H,11-12H2,1-4H3. The molecule has 0 bridgehead atoms. The Hall–Kier alpha value is -1.81. The van der Waals surface area contributed by atoms with Crippen LogP contribution in [0.3, 0.4) is 0 Å². The van der Waals surface area contributed by atoms with E-state index in [1.807, 2.05) is 13.1 Å². The van der Waals surface area contributed by atoms with Crippen LogP contribution >= 0.6 is 0 Å². The van der Waals surface area contributed by atoms with Crippen LogP contribution in [0.1, 0.15) is 32.1 Å². The summed E-state index contributed by atoms with van der Waals surface area (Å²) >= 11 is 0. The highest BCUT2D eigenvalue weighted by Gasteiger charge is 2.13. The van der Waals surface area contributed by atoms with Crippen LogP contribution in [0.5, 0.6) is 0 Å². The van der Waals surface area contributed by atoms with E-state index in [9.17, 15) is 4.39 Å². The number of nitrogens with one attached hydrogen (secondary N) is 1. The number of hydrogen-bond donors (Lipinski definition) is 1. The molecule has 1 aromatic heterocycles. The highest BCUT2D eigenvalue weighted by atomic mass is 19.1. The van der Waals surface area contributed by atoms with Crippen molar-refractivity contribution in [3.63, 3.8) is 0 Å². The fraction of sp³-hybridized carbons (Fsp3) is 0.412. The third kappa shape index (κ3) is 4.60. The zero-order valence-corrected chi connectivity index (χ0v) is 13.1. The van der Waals surface area contributed by atoms with Gasteiger partial charge in [0.2, 0.25) is 0 Å². The lowest BCUT2D eigenvalue weighted by Gasteiger charge is -2.22. The molecule has 0 aliphatic heterocycles. The van der Waals surface area contributed by atoms with Crippen LogP contribution in [-0.2, 0) is 13.1 Å². The maximum atomic E-state index is 13.0. The summed E-state index contributed by atoms with van der Waals surface area (Å²) in [6, 6.07) is 8.50. The minimum atomic E-state index is -0.217. The molecule has 0 spiro atoms. The maximum absolute atomic E-state index is 13.0. The molecule has 0 aliphatic rings. The molecule has 3 nitrogen and oxygen atoms in total. The van der Waals surface area contributed by atoms with Crippen LogP contribution in [-0.4, -0.2) is 12.6 Å². The first-order chi connectivity index (χ1) is 9.85. The van der Waals surface area contributed by atoms with Gasteiger partial charge in [-0.1, -0.05) is 0 Å². The molecule has 2 aromatic rings. The molecule has 1 aromatic carbocycles. The lowest BCUT2D eigenvalue weighted by Crippen LogP contribution is -2.35. The van der Waals surface area contributed by atoms with Crippen molar-refractivity contribution in [3.05, 3.63) is 53.7 Å². The average Bonchev–Trinajstić information content (AvgIpc) is 2.83. The number of hydrogen-bond acceptors (Lipinski definition) is 3. The van der Waals surface area contributed by atoms with Crippen molar-refractivity contribution in [2.24, 2.45) is 0 Å². The summed E-state index contributed by atoms with van der Waals surface area (Å²) in [5, 5.41) is 3.42. The van der Waals surface area contributed by atoms with Crippen molar-refractivity contribution in [3.8, 4) is 0 Å². The molecule has 0 saturated carbocycles. The molecule has 0 atom stereocenters. The molecule has 2 rings (SSSR count). The van der Waals surface area contributed by atoms with E-state index >= 15 is 0 Å². The molecule has 21 heavy (non-hydrogen) atoms. The Morgan fingerprint density at radius 1 is 1.14 bits per heavy atom. The minimum Gasteiger partial charge on any atom is -0.468 e. The average molecular weight is 290 g/mol. The summed E-state index contributed by atoms with van der Waals surface area (Å²) in [4.78, 5) is 2.07. The fourth-order valence-corrected chi connectivity index (χ4v) is 2.05. The van der Waals surface area contributed by atoms with Gasteiger partial charge in [-0.2, -0.15) is 0 Å². The van der Waals surface area contributed by atoms with Crippen molar-refractivity contribution in [2.75, 3.05) is 11.9 Å². The SMILES string of the molecule is CN(Cc1ccoc1CNC(C)(C)C)c1ccc(F)cc1. The van der Waals surface area contributed by atoms with Gasteiger partial charge < -0.3 is 14.6 Å². The zero-order valence-electron chi connectivity index (χ0n) is 13.1. The van der Waals surface area contributed by atoms with E-state index in [4.69, 9.17) is 4.42 Å². The van der Waals surface area contributed by atoms with E-state index in [-0.39, 0.29) is 11.4 Å². The van der Waals surface area contributed by atoms with E-state index in [1.165, 1.54) is 12.1 Å². The van der Waals surface area contributed by atoms with Crippen LogP contribution in [0.4, 0.5) is 10.1 Å². The van der Waals surface area contributed by atoms with Crippen molar-refractivity contribution < 1.29 is 8.81 Å². The summed E-state index contributed by atoms with van der Waals surface area (Å²) in [6.07, 6.45) is 1.72. The number of halogens is 1. The third-order valence-corrected chi connectivity index (χ3v) is 3.29. The van der Waals surface area contributed by atoms with Gasteiger partial charge in [0, 0.05) is 30.4 Å². The predicted octanol–water partition coefficient (Wildman–Crippen LogP) is 3.94. The molecule has 0 aliphatic carbocycles. The van der Waals surface area contributed by atoms with E-state index in [0.29, 0.717) is 6.54 Å². The molecule has 0 saturated heterocycles. The number of nitrogens with zero attached hydrogens (tertiary/aromatic N) is 1. The normalized spacial score (nSPS) is 11.7. The Bertz CT molecular complexity index is 569. The Kier molecular flexibility index (Phi) is 4.68. The quantitative estimate of drug-likeness (QED) is 0.904. The summed E-state index contributed by atoms with van der Waals surface area (Å²) in [5.41, 5.74) is 2.17. The summed E-state index contributed by atoms with van der Waals surface area (Å²) in [7, 11) is 1.99. The van der Waals surface area contributed by atoms with Crippen LogP contribution < -0.4 is 10.2 Å².